The molecule has 94 valence electrons. The third kappa shape index (κ3) is 1.80. The Morgan fingerprint density at radius 3 is 2.50 bits per heavy atom. The van der Waals surface area contributed by atoms with Gasteiger partial charge in [0.2, 0.25) is 0 Å². The molecule has 0 aliphatic heterocycles. The van der Waals surface area contributed by atoms with Crippen molar-refractivity contribution < 1.29 is 15.0 Å². The number of carbonyl (C=O) groups is 1. The van der Waals surface area contributed by atoms with Gasteiger partial charge in [-0.25, -0.2) is 0 Å². The van der Waals surface area contributed by atoms with Crippen molar-refractivity contribution in [3.63, 3.8) is 0 Å². The molecule has 1 fully saturated rings. The van der Waals surface area contributed by atoms with E-state index >= 15 is 0 Å². The van der Waals surface area contributed by atoms with Gasteiger partial charge in [0, 0.05) is 6.42 Å². The smallest absolute Gasteiger partial charge is 0.303 e. The number of fused-ring (bicyclic) bond motifs is 2. The average molecular weight is 244 g/mol. The second-order valence-electron chi connectivity index (χ2n) is 5.33. The average Bonchev–Trinajstić information content (AvgIpc) is 2.90. The van der Waals surface area contributed by atoms with Crippen LogP contribution in [-0.4, -0.2) is 16.2 Å². The SMILES string of the molecule is O=C(O)CC1C2C=CC(C2)C1c1ccc(O)cc1. The molecule has 3 rings (SSSR count). The molecule has 4 atom stereocenters. The van der Waals surface area contributed by atoms with Crippen LogP contribution in [0.4, 0.5) is 0 Å². The van der Waals surface area contributed by atoms with E-state index in [0.717, 1.165) is 12.0 Å². The minimum absolute atomic E-state index is 0.196. The molecule has 2 aliphatic rings. The maximum Gasteiger partial charge on any atom is 0.303 e. The number of rotatable bonds is 3. The van der Waals surface area contributed by atoms with Crippen molar-refractivity contribution in [3.8, 4) is 5.75 Å². The lowest BCUT2D eigenvalue weighted by Crippen LogP contribution is -2.20. The Bertz CT molecular complexity index is 489. The van der Waals surface area contributed by atoms with E-state index in [2.05, 4.69) is 12.2 Å². The van der Waals surface area contributed by atoms with Gasteiger partial charge in [-0.2, -0.15) is 0 Å². The first-order valence-corrected chi connectivity index (χ1v) is 6.34. The molecular formula is C15H16O3. The first-order chi connectivity index (χ1) is 8.65. The van der Waals surface area contributed by atoms with Gasteiger partial charge in [-0.3, -0.25) is 4.79 Å². The molecule has 2 bridgehead atoms. The van der Waals surface area contributed by atoms with Gasteiger partial charge >= 0.3 is 5.97 Å². The lowest BCUT2D eigenvalue weighted by atomic mass is 9.77. The monoisotopic (exact) mass is 244 g/mol. The third-order valence-corrected chi connectivity index (χ3v) is 4.31. The van der Waals surface area contributed by atoms with Crippen molar-refractivity contribution in [2.24, 2.45) is 17.8 Å². The van der Waals surface area contributed by atoms with Crippen LogP contribution in [0.15, 0.2) is 36.4 Å². The third-order valence-electron chi connectivity index (χ3n) is 4.31. The fraction of sp³-hybridized carbons (Fsp3) is 0.400. The molecule has 1 saturated carbocycles. The molecule has 18 heavy (non-hydrogen) atoms. The summed E-state index contributed by atoms with van der Waals surface area (Å²) in [6, 6.07) is 7.21. The summed E-state index contributed by atoms with van der Waals surface area (Å²) in [5, 5.41) is 18.4. The molecule has 0 heterocycles. The van der Waals surface area contributed by atoms with Crippen LogP contribution in [-0.2, 0) is 4.79 Å². The quantitative estimate of drug-likeness (QED) is 0.804. The number of aromatic hydroxyl groups is 1. The molecule has 1 aromatic carbocycles. The van der Waals surface area contributed by atoms with Crippen molar-refractivity contribution in [1.82, 2.24) is 0 Å². The molecule has 3 nitrogen and oxygen atoms in total. The Morgan fingerprint density at radius 2 is 1.83 bits per heavy atom. The van der Waals surface area contributed by atoms with Crippen LogP contribution >= 0.6 is 0 Å². The minimum Gasteiger partial charge on any atom is -0.508 e. The van der Waals surface area contributed by atoms with Gasteiger partial charge in [-0.05, 0) is 47.8 Å². The lowest BCUT2D eigenvalue weighted by Gasteiger charge is -2.27. The van der Waals surface area contributed by atoms with E-state index in [1.165, 1.54) is 0 Å². The highest BCUT2D eigenvalue weighted by molar-refractivity contribution is 5.67. The second kappa shape index (κ2) is 4.16. The van der Waals surface area contributed by atoms with Crippen LogP contribution in [0.3, 0.4) is 0 Å². The van der Waals surface area contributed by atoms with Crippen molar-refractivity contribution in [2.75, 3.05) is 0 Å². The van der Waals surface area contributed by atoms with Crippen LogP contribution in [0.2, 0.25) is 0 Å². The largest absolute Gasteiger partial charge is 0.508 e. The zero-order valence-electron chi connectivity index (χ0n) is 9.99. The van der Waals surface area contributed by atoms with Gasteiger partial charge < -0.3 is 10.2 Å². The topological polar surface area (TPSA) is 57.5 Å². The number of carboxylic acid groups (broad SMARTS) is 1. The maximum absolute atomic E-state index is 11.0. The van der Waals surface area contributed by atoms with Crippen molar-refractivity contribution in [2.45, 2.75) is 18.8 Å². The van der Waals surface area contributed by atoms with Crippen LogP contribution < -0.4 is 0 Å². The Kier molecular flexibility index (Phi) is 2.62. The molecule has 3 heteroatoms. The summed E-state index contributed by atoms with van der Waals surface area (Å²) >= 11 is 0. The zero-order chi connectivity index (χ0) is 12.7. The summed E-state index contributed by atoms with van der Waals surface area (Å²) in [5.74, 6) is 0.893. The number of benzene rings is 1. The van der Waals surface area contributed by atoms with Crippen molar-refractivity contribution >= 4 is 5.97 Å². The van der Waals surface area contributed by atoms with Crippen LogP contribution in [0, 0.1) is 17.8 Å². The first kappa shape index (κ1) is 11.3. The molecular weight excluding hydrogens is 228 g/mol. The predicted octanol–water partition coefficient (Wildman–Crippen LogP) is 2.77. The molecule has 0 radical (unpaired) electrons. The number of phenolic OH excluding ortho intramolecular Hbond substituents is 1. The van der Waals surface area contributed by atoms with Crippen LogP contribution in [0.1, 0.15) is 24.3 Å². The zero-order valence-corrected chi connectivity index (χ0v) is 9.99. The molecule has 2 N–H and O–H groups in total. The van der Waals surface area contributed by atoms with Crippen molar-refractivity contribution in [3.05, 3.63) is 42.0 Å². The summed E-state index contributed by atoms with van der Waals surface area (Å²) < 4.78 is 0. The first-order valence-electron chi connectivity index (χ1n) is 6.34. The Morgan fingerprint density at radius 1 is 1.17 bits per heavy atom. The molecule has 0 aromatic heterocycles. The number of hydrogen-bond acceptors (Lipinski definition) is 2. The Balaban J connectivity index is 1.91. The molecule has 4 unspecified atom stereocenters. The normalized spacial score (nSPS) is 32.9. The number of carboxylic acids is 1. The lowest BCUT2D eigenvalue weighted by molar-refractivity contribution is -0.138. The molecule has 1 aromatic rings. The number of allylic oxidation sites excluding steroid dienone is 2. The fourth-order valence-electron chi connectivity index (χ4n) is 3.60. The summed E-state index contributed by atoms with van der Waals surface area (Å²) in [7, 11) is 0. The van der Waals surface area contributed by atoms with Crippen LogP contribution in [0.25, 0.3) is 0 Å². The minimum atomic E-state index is -0.718. The van der Waals surface area contributed by atoms with Gasteiger partial charge in [-0.15, -0.1) is 0 Å². The number of phenols is 1. The van der Waals surface area contributed by atoms with Gasteiger partial charge in [0.05, 0.1) is 0 Å². The van der Waals surface area contributed by atoms with Gasteiger partial charge in [0.15, 0.2) is 0 Å². The number of aliphatic carboxylic acids is 1. The Labute approximate surface area is 106 Å². The van der Waals surface area contributed by atoms with E-state index in [0.29, 0.717) is 11.8 Å². The molecule has 0 spiro atoms. The standard InChI is InChI=1S/C15H16O3/c16-12-5-3-9(4-6-12)15-11-2-1-10(7-11)13(15)8-14(17)18/h1-6,10-11,13,15-16H,7-8H2,(H,17,18). The van der Waals surface area contributed by atoms with E-state index in [1.54, 1.807) is 12.1 Å². The van der Waals surface area contributed by atoms with E-state index in [1.807, 2.05) is 12.1 Å². The van der Waals surface area contributed by atoms with E-state index < -0.39 is 5.97 Å². The summed E-state index contributed by atoms with van der Waals surface area (Å²) in [5.41, 5.74) is 1.15. The highest BCUT2D eigenvalue weighted by atomic mass is 16.4. The van der Waals surface area contributed by atoms with Crippen LogP contribution in [0.5, 0.6) is 5.75 Å². The highest BCUT2D eigenvalue weighted by Crippen LogP contribution is 2.54. The summed E-state index contributed by atoms with van der Waals surface area (Å²) in [6.07, 6.45) is 5.70. The Hall–Kier alpha value is -1.77. The number of hydrogen-bond donors (Lipinski definition) is 2. The van der Waals surface area contributed by atoms with E-state index in [-0.39, 0.29) is 24.0 Å². The summed E-state index contributed by atoms with van der Waals surface area (Å²) in [4.78, 5) is 11.0. The molecule has 2 aliphatic carbocycles. The fourth-order valence-corrected chi connectivity index (χ4v) is 3.60. The summed E-state index contributed by atoms with van der Waals surface area (Å²) in [6.45, 7) is 0. The second-order valence-corrected chi connectivity index (χ2v) is 5.33. The van der Waals surface area contributed by atoms with Gasteiger partial charge in [0.1, 0.15) is 5.75 Å². The van der Waals surface area contributed by atoms with Gasteiger partial charge in [0.25, 0.3) is 0 Å². The van der Waals surface area contributed by atoms with E-state index in [4.69, 9.17) is 5.11 Å². The maximum atomic E-state index is 11.0. The van der Waals surface area contributed by atoms with Gasteiger partial charge in [-0.1, -0.05) is 24.3 Å². The highest BCUT2D eigenvalue weighted by Gasteiger charge is 2.45. The van der Waals surface area contributed by atoms with E-state index in [9.17, 15) is 9.90 Å². The van der Waals surface area contributed by atoms with Crippen molar-refractivity contribution in [1.29, 1.82) is 0 Å². The predicted molar refractivity (Wildman–Crippen MR) is 67.3 cm³/mol. The molecule has 0 amide bonds. The molecule has 0 saturated heterocycles.